The molecule has 2 N–H and O–H groups in total. The van der Waals surface area contributed by atoms with Gasteiger partial charge in [-0.1, -0.05) is 0 Å². The number of hydrogen-bond acceptors (Lipinski definition) is 3. The van der Waals surface area contributed by atoms with Crippen LogP contribution in [-0.2, 0) is 14.3 Å². The average molecular weight is 213 g/mol. The molecule has 0 saturated carbocycles. The summed E-state index contributed by atoms with van der Waals surface area (Å²) in [5.41, 5.74) is 0. The Balaban J connectivity index is 3.75. The van der Waals surface area contributed by atoms with Gasteiger partial charge in [0.15, 0.2) is 0 Å². The maximum absolute atomic E-state index is 11.1. The molecular weight excluding hydrogens is 198 g/mol. The van der Waals surface area contributed by atoms with Crippen molar-refractivity contribution in [3.63, 3.8) is 0 Å². The van der Waals surface area contributed by atoms with Crippen molar-refractivity contribution in [2.75, 3.05) is 13.7 Å². The molecule has 0 bridgehead atoms. The van der Waals surface area contributed by atoms with E-state index in [4.69, 9.17) is 16.3 Å². The first kappa shape index (κ1) is 13.5. The molecule has 0 aliphatic heterocycles. The fourth-order valence-electron chi connectivity index (χ4n) is 0.935. The SMILES string of the molecule is C#CCCC(=O)NCC(CC(=O)O)OC. The lowest BCUT2D eigenvalue weighted by molar-refractivity contribution is -0.140. The van der Waals surface area contributed by atoms with Crippen LogP contribution in [0.25, 0.3) is 0 Å². The monoisotopic (exact) mass is 213 g/mol. The average Bonchev–Trinajstić information content (AvgIpc) is 2.20. The molecule has 0 aromatic heterocycles. The van der Waals surface area contributed by atoms with Crippen molar-refractivity contribution >= 4 is 11.9 Å². The second-order valence-corrected chi connectivity index (χ2v) is 2.96. The predicted octanol–water partition coefficient (Wildman–Crippen LogP) is 0.00570. The highest BCUT2D eigenvalue weighted by Crippen LogP contribution is 1.96. The van der Waals surface area contributed by atoms with Crippen LogP contribution < -0.4 is 5.32 Å². The van der Waals surface area contributed by atoms with Crippen LogP contribution in [0.1, 0.15) is 19.3 Å². The van der Waals surface area contributed by atoms with Crippen LogP contribution in [0.4, 0.5) is 0 Å². The van der Waals surface area contributed by atoms with Crippen LogP contribution in [0.5, 0.6) is 0 Å². The summed E-state index contributed by atoms with van der Waals surface area (Å²) in [4.78, 5) is 21.5. The van der Waals surface area contributed by atoms with Gasteiger partial charge in [-0.3, -0.25) is 9.59 Å². The first-order valence-electron chi connectivity index (χ1n) is 4.55. The van der Waals surface area contributed by atoms with E-state index in [1.165, 1.54) is 7.11 Å². The van der Waals surface area contributed by atoms with Crippen LogP contribution in [0.3, 0.4) is 0 Å². The summed E-state index contributed by atoms with van der Waals surface area (Å²) >= 11 is 0. The van der Waals surface area contributed by atoms with Crippen molar-refractivity contribution < 1.29 is 19.4 Å². The van der Waals surface area contributed by atoms with Gasteiger partial charge in [-0.15, -0.1) is 12.3 Å². The molecule has 0 saturated heterocycles. The normalized spacial score (nSPS) is 11.5. The third kappa shape index (κ3) is 7.52. The van der Waals surface area contributed by atoms with Gasteiger partial charge in [0.25, 0.3) is 0 Å². The van der Waals surface area contributed by atoms with Crippen molar-refractivity contribution in [3.05, 3.63) is 0 Å². The highest BCUT2D eigenvalue weighted by Gasteiger charge is 2.12. The highest BCUT2D eigenvalue weighted by atomic mass is 16.5. The van der Waals surface area contributed by atoms with E-state index in [0.29, 0.717) is 6.42 Å². The topological polar surface area (TPSA) is 75.6 Å². The fourth-order valence-corrected chi connectivity index (χ4v) is 0.935. The van der Waals surface area contributed by atoms with Gasteiger partial charge in [0.1, 0.15) is 0 Å². The Bertz CT molecular complexity index is 257. The molecule has 0 aliphatic rings. The number of carboxylic acid groups (broad SMARTS) is 1. The van der Waals surface area contributed by atoms with Crippen molar-refractivity contribution in [2.45, 2.75) is 25.4 Å². The Kier molecular flexibility index (Phi) is 7.02. The first-order chi connectivity index (χ1) is 7.10. The van der Waals surface area contributed by atoms with Gasteiger partial charge in [0.05, 0.1) is 12.5 Å². The summed E-state index contributed by atoms with van der Waals surface area (Å²) in [5.74, 6) is 1.19. The minimum atomic E-state index is -0.959. The lowest BCUT2D eigenvalue weighted by atomic mass is 10.2. The van der Waals surface area contributed by atoms with E-state index in [-0.39, 0.29) is 25.3 Å². The molecule has 1 atom stereocenters. The highest BCUT2D eigenvalue weighted by molar-refractivity contribution is 5.76. The number of rotatable bonds is 7. The van der Waals surface area contributed by atoms with E-state index in [2.05, 4.69) is 11.2 Å². The van der Waals surface area contributed by atoms with Crippen LogP contribution >= 0.6 is 0 Å². The largest absolute Gasteiger partial charge is 0.481 e. The molecule has 0 aromatic carbocycles. The van der Waals surface area contributed by atoms with Gasteiger partial charge in [-0.05, 0) is 0 Å². The molecule has 5 nitrogen and oxygen atoms in total. The molecule has 15 heavy (non-hydrogen) atoms. The summed E-state index contributed by atoms with van der Waals surface area (Å²) in [6.07, 6.45) is 4.98. The number of ether oxygens (including phenoxy) is 1. The van der Waals surface area contributed by atoms with Gasteiger partial charge in [-0.2, -0.15) is 0 Å². The molecule has 0 aromatic rings. The zero-order valence-corrected chi connectivity index (χ0v) is 8.66. The van der Waals surface area contributed by atoms with Crippen molar-refractivity contribution in [2.24, 2.45) is 0 Å². The smallest absolute Gasteiger partial charge is 0.306 e. The van der Waals surface area contributed by atoms with Crippen LogP contribution in [0.2, 0.25) is 0 Å². The molecule has 5 heteroatoms. The Labute approximate surface area is 88.8 Å². The summed E-state index contributed by atoms with van der Waals surface area (Å²) in [7, 11) is 1.40. The van der Waals surface area contributed by atoms with Gasteiger partial charge in [0.2, 0.25) is 5.91 Å². The van der Waals surface area contributed by atoms with E-state index in [1.54, 1.807) is 0 Å². The van der Waals surface area contributed by atoms with Gasteiger partial charge < -0.3 is 15.2 Å². The van der Waals surface area contributed by atoms with E-state index >= 15 is 0 Å². The van der Waals surface area contributed by atoms with E-state index in [1.807, 2.05) is 0 Å². The Morgan fingerprint density at radius 1 is 1.60 bits per heavy atom. The number of carboxylic acids is 1. The molecule has 1 unspecified atom stereocenters. The number of carbonyl (C=O) groups excluding carboxylic acids is 1. The number of aliphatic carboxylic acids is 1. The van der Waals surface area contributed by atoms with Crippen molar-refractivity contribution in [3.8, 4) is 12.3 Å². The molecule has 0 fully saturated rings. The van der Waals surface area contributed by atoms with Crippen molar-refractivity contribution in [1.29, 1.82) is 0 Å². The number of nitrogens with one attached hydrogen (secondary N) is 1. The lowest BCUT2D eigenvalue weighted by Crippen LogP contribution is -2.34. The number of amides is 1. The maximum Gasteiger partial charge on any atom is 0.306 e. The minimum Gasteiger partial charge on any atom is -0.481 e. The van der Waals surface area contributed by atoms with E-state index < -0.39 is 12.1 Å². The molecular formula is C10H15NO4. The molecule has 0 radical (unpaired) electrons. The number of methoxy groups -OCH3 is 1. The molecule has 0 heterocycles. The molecule has 0 aliphatic carbocycles. The Morgan fingerprint density at radius 3 is 2.73 bits per heavy atom. The first-order valence-corrected chi connectivity index (χ1v) is 4.55. The predicted molar refractivity (Wildman–Crippen MR) is 54.1 cm³/mol. The number of hydrogen-bond donors (Lipinski definition) is 2. The van der Waals surface area contributed by atoms with Crippen LogP contribution in [0, 0.1) is 12.3 Å². The number of carbonyl (C=O) groups is 2. The summed E-state index contributed by atoms with van der Waals surface area (Å²) in [6.45, 7) is 0.187. The molecule has 0 rings (SSSR count). The molecule has 84 valence electrons. The zero-order valence-electron chi connectivity index (χ0n) is 8.66. The second-order valence-electron chi connectivity index (χ2n) is 2.96. The maximum atomic E-state index is 11.1. The fraction of sp³-hybridized carbons (Fsp3) is 0.600. The zero-order chi connectivity index (χ0) is 11.7. The molecule has 1 amide bonds. The second kappa shape index (κ2) is 7.83. The minimum absolute atomic E-state index is 0.133. The standard InChI is InChI=1S/C10H15NO4/c1-3-4-5-9(12)11-7-8(15-2)6-10(13)14/h1,8H,4-7H2,2H3,(H,11,12)(H,13,14). The van der Waals surface area contributed by atoms with E-state index in [0.717, 1.165) is 0 Å². The summed E-state index contributed by atoms with van der Waals surface area (Å²) in [6, 6.07) is 0. The Hall–Kier alpha value is -1.54. The van der Waals surface area contributed by atoms with E-state index in [9.17, 15) is 9.59 Å². The van der Waals surface area contributed by atoms with Gasteiger partial charge >= 0.3 is 5.97 Å². The van der Waals surface area contributed by atoms with Crippen molar-refractivity contribution in [1.82, 2.24) is 5.32 Å². The molecule has 0 spiro atoms. The summed E-state index contributed by atoms with van der Waals surface area (Å²) < 4.78 is 4.88. The lowest BCUT2D eigenvalue weighted by Gasteiger charge is -2.13. The van der Waals surface area contributed by atoms with Gasteiger partial charge in [0, 0.05) is 26.5 Å². The third-order valence-corrected chi connectivity index (χ3v) is 1.76. The van der Waals surface area contributed by atoms with Crippen LogP contribution in [0.15, 0.2) is 0 Å². The summed E-state index contributed by atoms with van der Waals surface area (Å²) in [5, 5.41) is 11.1. The third-order valence-electron chi connectivity index (χ3n) is 1.76. The quantitative estimate of drug-likeness (QED) is 0.584. The Morgan fingerprint density at radius 2 is 2.27 bits per heavy atom. The number of terminal acetylenes is 1. The van der Waals surface area contributed by atoms with Gasteiger partial charge in [-0.25, -0.2) is 0 Å². The van der Waals surface area contributed by atoms with Crippen LogP contribution in [-0.4, -0.2) is 36.7 Å².